The molecule has 17 heavy (non-hydrogen) atoms. The van der Waals surface area contributed by atoms with Gasteiger partial charge in [-0.2, -0.15) is 0 Å². The van der Waals surface area contributed by atoms with Gasteiger partial charge in [-0.05, 0) is 17.9 Å². The second kappa shape index (κ2) is 4.83. The van der Waals surface area contributed by atoms with Gasteiger partial charge in [0.1, 0.15) is 0 Å². The van der Waals surface area contributed by atoms with Crippen LogP contribution in [0.4, 0.5) is 5.69 Å². The zero-order chi connectivity index (χ0) is 12.3. The highest BCUT2D eigenvalue weighted by atomic mass is 16.1. The van der Waals surface area contributed by atoms with Crippen LogP contribution in [0.15, 0.2) is 54.6 Å². The molecule has 0 spiro atoms. The largest absolute Gasteiger partial charge is 0.322 e. The summed E-state index contributed by atoms with van der Waals surface area (Å²) in [6, 6.07) is 13.8. The molecule has 2 aromatic carbocycles. The van der Waals surface area contributed by atoms with Crippen LogP contribution in [0.1, 0.15) is 13.3 Å². The maximum absolute atomic E-state index is 11.8. The predicted octanol–water partition coefficient (Wildman–Crippen LogP) is 3.74. The average Bonchev–Trinajstić information content (AvgIpc) is 2.38. The van der Waals surface area contributed by atoms with Crippen LogP contribution in [0.3, 0.4) is 0 Å². The van der Waals surface area contributed by atoms with Gasteiger partial charge in [-0.1, -0.05) is 49.9 Å². The lowest BCUT2D eigenvalue weighted by Gasteiger charge is -2.09. The average molecular weight is 225 g/mol. The Bertz CT molecular complexity index is 567. The van der Waals surface area contributed by atoms with Gasteiger partial charge in [0.05, 0.1) is 0 Å². The number of nitrogens with one attached hydrogen (secondary N) is 1. The zero-order valence-electron chi connectivity index (χ0n) is 9.86. The van der Waals surface area contributed by atoms with Crippen LogP contribution in [0.25, 0.3) is 10.8 Å². The Balaban J connectivity index is 2.36. The van der Waals surface area contributed by atoms with Crippen LogP contribution >= 0.6 is 0 Å². The molecule has 2 rings (SSSR count). The number of hydrogen-bond acceptors (Lipinski definition) is 1. The van der Waals surface area contributed by atoms with Crippen molar-refractivity contribution < 1.29 is 4.79 Å². The van der Waals surface area contributed by atoms with Gasteiger partial charge in [0.2, 0.25) is 0 Å². The van der Waals surface area contributed by atoms with Crippen molar-refractivity contribution in [1.29, 1.82) is 0 Å². The zero-order valence-corrected chi connectivity index (χ0v) is 9.86. The molecule has 0 aliphatic heterocycles. The van der Waals surface area contributed by atoms with E-state index in [1.165, 1.54) is 0 Å². The number of carbonyl (C=O) groups is 1. The molecule has 0 saturated heterocycles. The molecule has 0 bridgehead atoms. The third-order valence-corrected chi connectivity index (χ3v) is 2.79. The first-order chi connectivity index (χ1) is 8.22. The number of anilines is 1. The second-order valence-electron chi connectivity index (χ2n) is 3.94. The van der Waals surface area contributed by atoms with Crippen molar-refractivity contribution >= 4 is 22.4 Å². The fraction of sp³-hybridized carbons (Fsp3) is 0.133. The molecule has 0 heterocycles. The summed E-state index contributed by atoms with van der Waals surface area (Å²) in [5.41, 5.74) is 1.43. The Morgan fingerprint density at radius 2 is 1.88 bits per heavy atom. The van der Waals surface area contributed by atoms with Gasteiger partial charge < -0.3 is 5.32 Å². The van der Waals surface area contributed by atoms with Gasteiger partial charge in [0.25, 0.3) is 5.91 Å². The number of benzene rings is 2. The first-order valence-electron chi connectivity index (χ1n) is 5.69. The molecular weight excluding hydrogens is 210 g/mol. The van der Waals surface area contributed by atoms with Crippen molar-refractivity contribution in [2.45, 2.75) is 13.3 Å². The van der Waals surface area contributed by atoms with Crippen molar-refractivity contribution in [3.8, 4) is 0 Å². The molecule has 2 nitrogen and oxygen atoms in total. The highest BCUT2D eigenvalue weighted by Crippen LogP contribution is 2.23. The molecule has 0 aromatic heterocycles. The maximum atomic E-state index is 11.8. The van der Waals surface area contributed by atoms with Crippen LogP contribution in [0, 0.1) is 0 Å². The summed E-state index contributed by atoms with van der Waals surface area (Å²) < 4.78 is 0. The molecule has 1 amide bonds. The van der Waals surface area contributed by atoms with E-state index in [2.05, 4.69) is 11.9 Å². The lowest BCUT2D eigenvalue weighted by molar-refractivity contribution is -0.112. The third kappa shape index (κ3) is 2.36. The van der Waals surface area contributed by atoms with Gasteiger partial charge in [-0.3, -0.25) is 4.79 Å². The Morgan fingerprint density at radius 3 is 2.65 bits per heavy atom. The second-order valence-corrected chi connectivity index (χ2v) is 3.94. The fourth-order valence-electron chi connectivity index (χ4n) is 1.71. The lowest BCUT2D eigenvalue weighted by atomic mass is 10.1. The molecule has 2 aromatic rings. The summed E-state index contributed by atoms with van der Waals surface area (Å²) in [6.07, 6.45) is 0.663. The van der Waals surface area contributed by atoms with Gasteiger partial charge in [0.15, 0.2) is 0 Å². The normalized spacial score (nSPS) is 10.2. The predicted molar refractivity (Wildman–Crippen MR) is 72.0 cm³/mol. The fourth-order valence-corrected chi connectivity index (χ4v) is 1.71. The minimum absolute atomic E-state index is 0.108. The van der Waals surface area contributed by atoms with Crippen molar-refractivity contribution in [3.63, 3.8) is 0 Å². The SMILES string of the molecule is C=C(CC)C(=O)Nc1cccc2ccccc12. The standard InChI is InChI=1S/C15H15NO/c1-3-11(2)15(17)16-14-10-6-8-12-7-4-5-9-13(12)14/h4-10H,2-3H2,1H3,(H,16,17). The van der Waals surface area contributed by atoms with E-state index in [1.54, 1.807) is 0 Å². The van der Waals surface area contributed by atoms with Gasteiger partial charge in [0, 0.05) is 16.6 Å². The molecule has 0 aliphatic rings. The summed E-state index contributed by atoms with van der Waals surface area (Å²) >= 11 is 0. The van der Waals surface area contributed by atoms with Crippen LogP contribution in [0.5, 0.6) is 0 Å². The molecule has 0 fully saturated rings. The number of carbonyl (C=O) groups excluding carboxylic acids is 1. The topological polar surface area (TPSA) is 29.1 Å². The molecule has 0 radical (unpaired) electrons. The van der Waals surface area contributed by atoms with Crippen LogP contribution < -0.4 is 5.32 Å². The molecule has 0 atom stereocenters. The Labute approximate surface area is 101 Å². The van der Waals surface area contributed by atoms with Crippen molar-refractivity contribution in [2.75, 3.05) is 5.32 Å². The first-order valence-corrected chi connectivity index (χ1v) is 5.69. The molecular formula is C15H15NO. The summed E-state index contributed by atoms with van der Waals surface area (Å²) in [7, 11) is 0. The summed E-state index contributed by atoms with van der Waals surface area (Å²) in [4.78, 5) is 11.8. The molecule has 1 N–H and O–H groups in total. The minimum Gasteiger partial charge on any atom is -0.322 e. The van der Waals surface area contributed by atoms with E-state index in [4.69, 9.17) is 0 Å². The summed E-state index contributed by atoms with van der Waals surface area (Å²) in [5.74, 6) is -0.108. The monoisotopic (exact) mass is 225 g/mol. The molecule has 0 aliphatic carbocycles. The number of rotatable bonds is 3. The third-order valence-electron chi connectivity index (χ3n) is 2.79. The van der Waals surface area contributed by atoms with Gasteiger partial charge in [-0.15, -0.1) is 0 Å². The van der Waals surface area contributed by atoms with E-state index in [0.717, 1.165) is 16.5 Å². The lowest BCUT2D eigenvalue weighted by Crippen LogP contribution is -2.13. The van der Waals surface area contributed by atoms with Gasteiger partial charge >= 0.3 is 0 Å². The number of fused-ring (bicyclic) bond motifs is 1. The quantitative estimate of drug-likeness (QED) is 0.792. The molecule has 86 valence electrons. The smallest absolute Gasteiger partial charge is 0.250 e. The maximum Gasteiger partial charge on any atom is 0.250 e. The minimum atomic E-state index is -0.108. The summed E-state index contributed by atoms with van der Waals surface area (Å²) in [5, 5.41) is 5.06. The van der Waals surface area contributed by atoms with E-state index in [0.29, 0.717) is 12.0 Å². The van der Waals surface area contributed by atoms with E-state index in [-0.39, 0.29) is 5.91 Å². The molecule has 0 unspecified atom stereocenters. The highest BCUT2D eigenvalue weighted by Gasteiger charge is 2.07. The van der Waals surface area contributed by atoms with Crippen molar-refractivity contribution in [2.24, 2.45) is 0 Å². The Kier molecular flexibility index (Phi) is 3.24. The van der Waals surface area contributed by atoms with E-state index in [1.807, 2.05) is 49.4 Å². The van der Waals surface area contributed by atoms with E-state index in [9.17, 15) is 4.79 Å². The number of hydrogen-bond donors (Lipinski definition) is 1. The molecule has 2 heteroatoms. The Hall–Kier alpha value is -2.09. The van der Waals surface area contributed by atoms with Crippen molar-refractivity contribution in [1.82, 2.24) is 0 Å². The Morgan fingerprint density at radius 1 is 1.18 bits per heavy atom. The van der Waals surface area contributed by atoms with Crippen LogP contribution in [0.2, 0.25) is 0 Å². The van der Waals surface area contributed by atoms with Crippen molar-refractivity contribution in [3.05, 3.63) is 54.6 Å². The van der Waals surface area contributed by atoms with Crippen LogP contribution in [-0.4, -0.2) is 5.91 Å². The first kappa shape index (κ1) is 11.4. The van der Waals surface area contributed by atoms with Gasteiger partial charge in [-0.25, -0.2) is 0 Å². The highest BCUT2D eigenvalue weighted by molar-refractivity contribution is 6.08. The number of amides is 1. The summed E-state index contributed by atoms with van der Waals surface area (Å²) in [6.45, 7) is 5.66. The van der Waals surface area contributed by atoms with E-state index >= 15 is 0 Å². The van der Waals surface area contributed by atoms with Crippen LogP contribution in [-0.2, 0) is 4.79 Å². The molecule has 0 saturated carbocycles. The van der Waals surface area contributed by atoms with E-state index < -0.39 is 0 Å².